The molecule has 1 heterocycles. The third-order valence-corrected chi connectivity index (χ3v) is 3.48. The predicted octanol–water partition coefficient (Wildman–Crippen LogP) is 3.36. The van der Waals surface area contributed by atoms with E-state index in [0.29, 0.717) is 6.04 Å². The predicted molar refractivity (Wildman–Crippen MR) is 79.6 cm³/mol. The second-order valence-electron chi connectivity index (χ2n) is 5.50. The minimum Gasteiger partial charge on any atom is -0.484 e. The fourth-order valence-corrected chi connectivity index (χ4v) is 2.12. The molecular formula is C17H19FN2O. The smallest absolute Gasteiger partial charge is 0.165 e. The van der Waals surface area contributed by atoms with Crippen LogP contribution in [0.2, 0.25) is 0 Å². The van der Waals surface area contributed by atoms with Gasteiger partial charge < -0.3 is 10.1 Å². The molecule has 1 aromatic carbocycles. The molecule has 0 spiro atoms. The highest BCUT2D eigenvalue weighted by molar-refractivity contribution is 5.29. The van der Waals surface area contributed by atoms with Gasteiger partial charge in [0.25, 0.3) is 0 Å². The van der Waals surface area contributed by atoms with Gasteiger partial charge in [-0.3, -0.25) is 4.98 Å². The van der Waals surface area contributed by atoms with E-state index in [9.17, 15) is 4.39 Å². The van der Waals surface area contributed by atoms with Crippen molar-refractivity contribution in [3.63, 3.8) is 0 Å². The van der Waals surface area contributed by atoms with Crippen molar-refractivity contribution in [3.8, 4) is 5.75 Å². The number of pyridine rings is 1. The molecule has 1 aromatic heterocycles. The topological polar surface area (TPSA) is 34.1 Å². The molecule has 21 heavy (non-hydrogen) atoms. The van der Waals surface area contributed by atoms with Gasteiger partial charge in [0.1, 0.15) is 6.61 Å². The average molecular weight is 286 g/mol. The molecule has 0 aliphatic heterocycles. The maximum Gasteiger partial charge on any atom is 0.165 e. The van der Waals surface area contributed by atoms with Crippen LogP contribution >= 0.6 is 0 Å². The van der Waals surface area contributed by atoms with Crippen LogP contribution in [0.15, 0.2) is 36.4 Å². The lowest BCUT2D eigenvalue weighted by Gasteiger charge is -2.09. The van der Waals surface area contributed by atoms with Crippen LogP contribution in [0.25, 0.3) is 0 Å². The second-order valence-corrected chi connectivity index (χ2v) is 5.50. The van der Waals surface area contributed by atoms with E-state index in [1.54, 1.807) is 12.1 Å². The third kappa shape index (κ3) is 4.02. The molecule has 0 bridgehead atoms. The van der Waals surface area contributed by atoms with E-state index in [-0.39, 0.29) is 18.2 Å². The zero-order valence-electron chi connectivity index (χ0n) is 12.1. The molecule has 1 fully saturated rings. The molecule has 1 saturated carbocycles. The molecule has 1 aliphatic carbocycles. The summed E-state index contributed by atoms with van der Waals surface area (Å²) in [6, 6.07) is 11.4. The van der Waals surface area contributed by atoms with E-state index < -0.39 is 0 Å². The molecule has 0 amide bonds. The summed E-state index contributed by atoms with van der Waals surface area (Å²) in [6.07, 6.45) is 2.52. The van der Waals surface area contributed by atoms with Crippen molar-refractivity contribution in [3.05, 3.63) is 59.2 Å². The van der Waals surface area contributed by atoms with Gasteiger partial charge in [0.05, 0.1) is 11.4 Å². The highest BCUT2D eigenvalue weighted by Crippen LogP contribution is 2.20. The van der Waals surface area contributed by atoms with E-state index in [1.807, 2.05) is 25.1 Å². The number of nitrogens with one attached hydrogen (secondary N) is 1. The van der Waals surface area contributed by atoms with Crippen LogP contribution in [-0.2, 0) is 13.2 Å². The fraction of sp³-hybridized carbons (Fsp3) is 0.353. The number of rotatable bonds is 6. The molecular weight excluding hydrogens is 267 g/mol. The Morgan fingerprint density at radius 1 is 1.24 bits per heavy atom. The first-order chi connectivity index (χ1) is 10.2. The first-order valence-corrected chi connectivity index (χ1v) is 7.28. The zero-order valence-corrected chi connectivity index (χ0v) is 12.1. The van der Waals surface area contributed by atoms with Gasteiger partial charge in [-0.1, -0.05) is 12.1 Å². The molecule has 0 unspecified atom stereocenters. The number of benzene rings is 1. The van der Waals surface area contributed by atoms with Crippen molar-refractivity contribution in [2.24, 2.45) is 0 Å². The van der Waals surface area contributed by atoms with Crippen molar-refractivity contribution in [2.45, 2.75) is 39.0 Å². The fourth-order valence-electron chi connectivity index (χ4n) is 2.12. The number of hydrogen-bond donors (Lipinski definition) is 1. The van der Waals surface area contributed by atoms with Crippen LogP contribution in [0, 0.1) is 12.7 Å². The zero-order chi connectivity index (χ0) is 14.7. The Labute approximate surface area is 124 Å². The monoisotopic (exact) mass is 286 g/mol. The van der Waals surface area contributed by atoms with Crippen LogP contribution in [0.3, 0.4) is 0 Å². The number of aryl methyl sites for hydroxylation is 1. The highest BCUT2D eigenvalue weighted by Gasteiger charge is 2.20. The van der Waals surface area contributed by atoms with E-state index in [0.717, 1.165) is 23.5 Å². The molecule has 1 N–H and O–H groups in total. The largest absolute Gasteiger partial charge is 0.484 e. The summed E-state index contributed by atoms with van der Waals surface area (Å²) < 4.78 is 19.2. The molecule has 1 aliphatic rings. The number of nitrogens with zero attached hydrogens (tertiary/aromatic N) is 1. The summed E-state index contributed by atoms with van der Waals surface area (Å²) in [5.41, 5.74) is 2.78. The first kappa shape index (κ1) is 14.0. The van der Waals surface area contributed by atoms with Crippen LogP contribution in [0.5, 0.6) is 5.75 Å². The van der Waals surface area contributed by atoms with Gasteiger partial charge in [-0.25, -0.2) is 4.39 Å². The Morgan fingerprint density at radius 3 is 2.86 bits per heavy atom. The normalized spacial score (nSPS) is 14.2. The van der Waals surface area contributed by atoms with E-state index in [4.69, 9.17) is 4.74 Å². The maximum atomic E-state index is 13.6. The van der Waals surface area contributed by atoms with Gasteiger partial charge in [-0.05, 0) is 49.6 Å². The lowest BCUT2D eigenvalue weighted by Crippen LogP contribution is -2.16. The molecule has 0 atom stereocenters. The standard InChI is InChI=1S/C17H19FN2O/c1-12-5-8-16(18)17(9-12)21-11-15-4-2-3-14(20-15)10-19-13-6-7-13/h2-5,8-9,13,19H,6-7,10-11H2,1H3. The van der Waals surface area contributed by atoms with Crippen molar-refractivity contribution in [1.82, 2.24) is 10.3 Å². The first-order valence-electron chi connectivity index (χ1n) is 7.28. The molecule has 0 radical (unpaired) electrons. The molecule has 3 rings (SSSR count). The lowest BCUT2D eigenvalue weighted by atomic mass is 10.2. The van der Waals surface area contributed by atoms with Crippen LogP contribution in [0.4, 0.5) is 4.39 Å². The molecule has 3 nitrogen and oxygen atoms in total. The van der Waals surface area contributed by atoms with Crippen molar-refractivity contribution >= 4 is 0 Å². The lowest BCUT2D eigenvalue weighted by molar-refractivity contribution is 0.285. The Bertz CT molecular complexity index is 626. The Morgan fingerprint density at radius 2 is 2.05 bits per heavy atom. The van der Waals surface area contributed by atoms with Crippen molar-refractivity contribution < 1.29 is 9.13 Å². The SMILES string of the molecule is Cc1ccc(F)c(OCc2cccc(CNC3CC3)n2)c1. The number of halogens is 1. The maximum absolute atomic E-state index is 13.6. The van der Waals surface area contributed by atoms with Gasteiger partial charge in [-0.15, -0.1) is 0 Å². The quantitative estimate of drug-likeness (QED) is 0.884. The van der Waals surface area contributed by atoms with Crippen molar-refractivity contribution in [1.29, 1.82) is 0 Å². The van der Waals surface area contributed by atoms with Gasteiger partial charge in [-0.2, -0.15) is 0 Å². The summed E-state index contributed by atoms with van der Waals surface area (Å²) in [5.74, 6) is -0.0644. The van der Waals surface area contributed by atoms with Gasteiger partial charge in [0.2, 0.25) is 0 Å². The number of aromatic nitrogens is 1. The Hall–Kier alpha value is -1.94. The van der Waals surface area contributed by atoms with Gasteiger partial charge in [0.15, 0.2) is 11.6 Å². The molecule has 110 valence electrons. The summed E-state index contributed by atoms with van der Waals surface area (Å²) >= 11 is 0. The van der Waals surface area contributed by atoms with Crippen molar-refractivity contribution in [2.75, 3.05) is 0 Å². The average Bonchev–Trinajstić information content (AvgIpc) is 3.31. The van der Waals surface area contributed by atoms with E-state index >= 15 is 0 Å². The van der Waals surface area contributed by atoms with Crippen LogP contribution in [-0.4, -0.2) is 11.0 Å². The van der Waals surface area contributed by atoms with Crippen LogP contribution < -0.4 is 10.1 Å². The minimum absolute atomic E-state index is 0.275. The van der Waals surface area contributed by atoms with Crippen LogP contribution in [0.1, 0.15) is 29.8 Å². The Balaban J connectivity index is 1.61. The summed E-state index contributed by atoms with van der Waals surface area (Å²) in [4.78, 5) is 4.53. The summed E-state index contributed by atoms with van der Waals surface area (Å²) in [7, 11) is 0. The molecule has 4 heteroatoms. The van der Waals surface area contributed by atoms with Gasteiger partial charge >= 0.3 is 0 Å². The summed E-state index contributed by atoms with van der Waals surface area (Å²) in [6.45, 7) is 2.96. The van der Waals surface area contributed by atoms with E-state index in [1.165, 1.54) is 18.9 Å². The highest BCUT2D eigenvalue weighted by atomic mass is 19.1. The third-order valence-electron chi connectivity index (χ3n) is 3.48. The number of ether oxygens (including phenoxy) is 1. The molecule has 0 saturated heterocycles. The van der Waals surface area contributed by atoms with E-state index in [2.05, 4.69) is 10.3 Å². The number of hydrogen-bond acceptors (Lipinski definition) is 3. The minimum atomic E-state index is -0.341. The molecule has 2 aromatic rings. The van der Waals surface area contributed by atoms with Gasteiger partial charge in [0, 0.05) is 12.6 Å². The Kier molecular flexibility index (Phi) is 4.15. The summed E-state index contributed by atoms with van der Waals surface area (Å²) in [5, 5.41) is 3.43. The second kappa shape index (κ2) is 6.22.